The highest BCUT2D eigenvalue weighted by atomic mass is 16.2. The largest absolute Gasteiger partial charge is 0.344 e. The molecule has 1 aromatic rings. The molecule has 1 fully saturated rings. The van der Waals surface area contributed by atoms with Crippen molar-refractivity contribution in [2.24, 2.45) is 0 Å². The molecular formula is C17H22N2O2. The van der Waals surface area contributed by atoms with Crippen molar-refractivity contribution < 1.29 is 9.59 Å². The Bertz CT molecular complexity index is 533. The molecule has 0 radical (unpaired) electrons. The Morgan fingerprint density at radius 2 is 2.00 bits per heavy atom. The third-order valence-corrected chi connectivity index (χ3v) is 4.22. The zero-order valence-corrected chi connectivity index (χ0v) is 12.6. The first-order valence-corrected chi connectivity index (χ1v) is 7.29. The maximum Gasteiger partial charge on any atom is 0.243 e. The SMILES string of the molecule is C=CC(=O)NC1(CC)CN(C(=O)[C@@H](C)c2ccccc2)C1. The highest BCUT2D eigenvalue weighted by Gasteiger charge is 2.45. The van der Waals surface area contributed by atoms with Gasteiger partial charge in [0.2, 0.25) is 11.8 Å². The Balaban J connectivity index is 1.98. The minimum absolute atomic E-state index is 0.109. The number of nitrogens with one attached hydrogen (secondary N) is 1. The van der Waals surface area contributed by atoms with Gasteiger partial charge in [-0.2, -0.15) is 0 Å². The molecule has 0 bridgehead atoms. The minimum Gasteiger partial charge on any atom is -0.344 e. The lowest BCUT2D eigenvalue weighted by atomic mass is 9.85. The van der Waals surface area contributed by atoms with Gasteiger partial charge in [0.05, 0.1) is 11.5 Å². The van der Waals surface area contributed by atoms with Gasteiger partial charge in [-0.25, -0.2) is 0 Å². The lowest BCUT2D eigenvalue weighted by Gasteiger charge is -2.50. The van der Waals surface area contributed by atoms with Crippen molar-refractivity contribution in [3.05, 3.63) is 48.6 Å². The first-order valence-electron chi connectivity index (χ1n) is 7.29. The van der Waals surface area contributed by atoms with Crippen LogP contribution in [-0.4, -0.2) is 35.3 Å². The van der Waals surface area contributed by atoms with Crippen molar-refractivity contribution in [3.8, 4) is 0 Å². The first-order chi connectivity index (χ1) is 10.0. The number of carbonyl (C=O) groups excluding carboxylic acids is 2. The van der Waals surface area contributed by atoms with Gasteiger partial charge in [-0.15, -0.1) is 0 Å². The summed E-state index contributed by atoms with van der Waals surface area (Å²) in [5.41, 5.74) is 0.726. The molecule has 1 atom stereocenters. The summed E-state index contributed by atoms with van der Waals surface area (Å²) < 4.78 is 0. The number of hydrogen-bond donors (Lipinski definition) is 1. The van der Waals surface area contributed by atoms with Crippen LogP contribution in [0.4, 0.5) is 0 Å². The quantitative estimate of drug-likeness (QED) is 0.843. The van der Waals surface area contributed by atoms with E-state index in [2.05, 4.69) is 11.9 Å². The van der Waals surface area contributed by atoms with Crippen molar-refractivity contribution >= 4 is 11.8 Å². The molecule has 0 spiro atoms. The predicted molar refractivity (Wildman–Crippen MR) is 82.8 cm³/mol. The standard InChI is InChI=1S/C17H22N2O2/c1-4-15(20)18-17(5-2)11-19(12-17)16(21)13(3)14-9-7-6-8-10-14/h4,6-10,13H,1,5,11-12H2,2-3H3,(H,18,20)/t13-/m0/s1. The molecule has 112 valence electrons. The van der Waals surface area contributed by atoms with E-state index in [1.165, 1.54) is 6.08 Å². The van der Waals surface area contributed by atoms with Crippen molar-refractivity contribution in [2.45, 2.75) is 31.7 Å². The molecule has 1 N–H and O–H groups in total. The molecule has 2 amide bonds. The van der Waals surface area contributed by atoms with E-state index in [9.17, 15) is 9.59 Å². The molecular weight excluding hydrogens is 264 g/mol. The molecule has 4 heteroatoms. The molecule has 21 heavy (non-hydrogen) atoms. The van der Waals surface area contributed by atoms with E-state index in [1.54, 1.807) is 0 Å². The fourth-order valence-corrected chi connectivity index (χ4v) is 2.70. The average Bonchev–Trinajstić information content (AvgIpc) is 2.49. The Morgan fingerprint density at radius 3 is 2.52 bits per heavy atom. The van der Waals surface area contributed by atoms with Crippen molar-refractivity contribution in [3.63, 3.8) is 0 Å². The second-order valence-electron chi connectivity index (χ2n) is 5.65. The maximum atomic E-state index is 12.5. The predicted octanol–water partition coefficient (Wildman–Crippen LogP) is 2.08. The Hall–Kier alpha value is -2.10. The summed E-state index contributed by atoms with van der Waals surface area (Å²) in [4.78, 5) is 25.8. The van der Waals surface area contributed by atoms with Gasteiger partial charge in [0.1, 0.15) is 0 Å². The second-order valence-corrected chi connectivity index (χ2v) is 5.65. The normalized spacial score (nSPS) is 17.5. The maximum absolute atomic E-state index is 12.5. The van der Waals surface area contributed by atoms with Gasteiger partial charge in [-0.05, 0) is 25.0 Å². The van der Waals surface area contributed by atoms with Crippen LogP contribution < -0.4 is 5.32 Å². The monoisotopic (exact) mass is 286 g/mol. The van der Waals surface area contributed by atoms with Crippen molar-refractivity contribution in [2.75, 3.05) is 13.1 Å². The van der Waals surface area contributed by atoms with Crippen LogP contribution in [0.15, 0.2) is 43.0 Å². The number of benzene rings is 1. The smallest absolute Gasteiger partial charge is 0.243 e. The Kier molecular flexibility index (Phi) is 4.46. The van der Waals surface area contributed by atoms with Crippen LogP contribution in [0, 0.1) is 0 Å². The van der Waals surface area contributed by atoms with Crippen LogP contribution in [0.2, 0.25) is 0 Å². The summed E-state index contributed by atoms with van der Waals surface area (Å²) in [6.07, 6.45) is 2.07. The summed E-state index contributed by atoms with van der Waals surface area (Å²) in [5, 5.41) is 2.94. The van der Waals surface area contributed by atoms with Crippen LogP contribution in [0.5, 0.6) is 0 Å². The summed E-state index contributed by atoms with van der Waals surface area (Å²) in [6.45, 7) is 8.55. The van der Waals surface area contributed by atoms with Gasteiger partial charge in [-0.3, -0.25) is 9.59 Å². The Labute approximate surface area is 125 Å². The van der Waals surface area contributed by atoms with Crippen LogP contribution >= 0.6 is 0 Å². The van der Waals surface area contributed by atoms with Crippen molar-refractivity contribution in [1.82, 2.24) is 10.2 Å². The van der Waals surface area contributed by atoms with E-state index >= 15 is 0 Å². The molecule has 1 saturated heterocycles. The lowest BCUT2D eigenvalue weighted by molar-refractivity contribution is -0.143. The molecule has 0 aliphatic carbocycles. The van der Waals surface area contributed by atoms with Crippen LogP contribution in [0.1, 0.15) is 31.7 Å². The zero-order valence-electron chi connectivity index (χ0n) is 12.6. The minimum atomic E-state index is -0.294. The molecule has 0 unspecified atom stereocenters. The second kappa shape index (κ2) is 6.12. The van der Waals surface area contributed by atoms with Gasteiger partial charge in [-0.1, -0.05) is 43.8 Å². The fraction of sp³-hybridized carbons (Fsp3) is 0.412. The molecule has 2 rings (SSSR count). The molecule has 4 nitrogen and oxygen atoms in total. The Morgan fingerprint density at radius 1 is 1.38 bits per heavy atom. The first kappa shape index (κ1) is 15.3. The molecule has 0 saturated carbocycles. The van der Waals surface area contributed by atoms with Crippen LogP contribution in [0.3, 0.4) is 0 Å². The summed E-state index contributed by atoms with van der Waals surface area (Å²) >= 11 is 0. The summed E-state index contributed by atoms with van der Waals surface area (Å²) in [5.74, 6) is -0.227. The van der Waals surface area contributed by atoms with E-state index in [4.69, 9.17) is 0 Å². The highest BCUT2D eigenvalue weighted by molar-refractivity contribution is 5.89. The van der Waals surface area contributed by atoms with Gasteiger partial charge < -0.3 is 10.2 Å². The number of hydrogen-bond acceptors (Lipinski definition) is 2. The van der Waals surface area contributed by atoms with E-state index in [-0.39, 0.29) is 23.3 Å². The molecule has 1 aromatic carbocycles. The van der Waals surface area contributed by atoms with E-state index < -0.39 is 0 Å². The summed E-state index contributed by atoms with van der Waals surface area (Å²) in [7, 11) is 0. The third kappa shape index (κ3) is 3.15. The number of carbonyl (C=O) groups is 2. The third-order valence-electron chi connectivity index (χ3n) is 4.22. The molecule has 0 aromatic heterocycles. The number of rotatable bonds is 5. The molecule has 1 aliphatic heterocycles. The zero-order chi connectivity index (χ0) is 15.5. The summed E-state index contributed by atoms with van der Waals surface area (Å²) in [6, 6.07) is 9.76. The number of likely N-dealkylation sites (tertiary alicyclic amines) is 1. The lowest BCUT2D eigenvalue weighted by Crippen LogP contribution is -2.71. The average molecular weight is 286 g/mol. The fourth-order valence-electron chi connectivity index (χ4n) is 2.70. The van der Waals surface area contributed by atoms with Crippen LogP contribution in [0.25, 0.3) is 0 Å². The van der Waals surface area contributed by atoms with E-state index in [1.807, 2.05) is 49.1 Å². The van der Waals surface area contributed by atoms with Gasteiger partial charge in [0.15, 0.2) is 0 Å². The van der Waals surface area contributed by atoms with E-state index in [0.717, 1.165) is 12.0 Å². The highest BCUT2D eigenvalue weighted by Crippen LogP contribution is 2.28. The molecule has 1 aliphatic rings. The number of nitrogens with zero attached hydrogens (tertiary/aromatic N) is 1. The van der Waals surface area contributed by atoms with Gasteiger partial charge in [0, 0.05) is 13.1 Å². The number of amides is 2. The van der Waals surface area contributed by atoms with Gasteiger partial charge in [0.25, 0.3) is 0 Å². The molecule has 1 heterocycles. The van der Waals surface area contributed by atoms with Crippen molar-refractivity contribution in [1.29, 1.82) is 0 Å². The topological polar surface area (TPSA) is 49.4 Å². The van der Waals surface area contributed by atoms with Gasteiger partial charge >= 0.3 is 0 Å². The van der Waals surface area contributed by atoms with Crippen LogP contribution in [-0.2, 0) is 9.59 Å². The van der Waals surface area contributed by atoms with E-state index in [0.29, 0.717) is 13.1 Å².